The second kappa shape index (κ2) is 9.46. The fourth-order valence-corrected chi connectivity index (χ4v) is 5.42. The van der Waals surface area contributed by atoms with Crippen molar-refractivity contribution in [2.45, 2.75) is 33.2 Å². The molecular weight excluding hydrogens is 502 g/mol. The fourth-order valence-electron chi connectivity index (χ4n) is 3.51. The number of carbonyl (C=O) groups excluding carboxylic acids is 2. The number of hydrogen-bond donors (Lipinski definition) is 2. The van der Waals surface area contributed by atoms with Crippen LogP contribution in [0, 0.1) is 24.0 Å². The van der Waals surface area contributed by atoms with E-state index in [0.717, 1.165) is 16.2 Å². The van der Waals surface area contributed by atoms with Crippen LogP contribution in [-0.2, 0) is 11.3 Å². The summed E-state index contributed by atoms with van der Waals surface area (Å²) >= 11 is 2.19. The van der Waals surface area contributed by atoms with Crippen LogP contribution < -0.4 is 11.1 Å². The topological polar surface area (TPSA) is 146 Å². The van der Waals surface area contributed by atoms with Crippen molar-refractivity contribution >= 4 is 56.2 Å². The molecule has 0 saturated heterocycles. The van der Waals surface area contributed by atoms with E-state index in [1.165, 1.54) is 28.2 Å². The summed E-state index contributed by atoms with van der Waals surface area (Å²) in [5, 5.41) is 17.8. The van der Waals surface area contributed by atoms with Gasteiger partial charge in [-0.15, -0.1) is 22.7 Å². The van der Waals surface area contributed by atoms with Crippen LogP contribution in [0.5, 0.6) is 0 Å². The number of aryl methyl sites for hydroxylation is 3. The fraction of sp³-hybridized carbons (Fsp3) is 0.238. The van der Waals surface area contributed by atoms with Gasteiger partial charge in [-0.3, -0.25) is 9.59 Å². The molecule has 0 saturated carbocycles. The number of nitrogens with one attached hydrogen (secondary N) is 1. The van der Waals surface area contributed by atoms with Gasteiger partial charge in [0.2, 0.25) is 5.91 Å². The van der Waals surface area contributed by atoms with Crippen LogP contribution in [0.1, 0.15) is 38.8 Å². The molecule has 2 amide bonds. The van der Waals surface area contributed by atoms with Crippen molar-refractivity contribution in [2.24, 2.45) is 5.73 Å². The molecule has 0 fully saturated rings. The van der Waals surface area contributed by atoms with Gasteiger partial charge in [-0.05, 0) is 37.0 Å². The Morgan fingerprint density at radius 3 is 2.57 bits per heavy atom. The molecule has 0 aliphatic rings. The summed E-state index contributed by atoms with van der Waals surface area (Å²) in [6.45, 7) is 3.54. The number of aromatic nitrogens is 3. The van der Waals surface area contributed by atoms with E-state index in [2.05, 4.69) is 15.4 Å². The van der Waals surface area contributed by atoms with Gasteiger partial charge in [-0.1, -0.05) is 0 Å². The number of fused-ring (bicyclic) bond motifs is 1. The van der Waals surface area contributed by atoms with Crippen molar-refractivity contribution in [2.75, 3.05) is 5.32 Å². The van der Waals surface area contributed by atoms with Gasteiger partial charge in [0, 0.05) is 27.1 Å². The van der Waals surface area contributed by atoms with Gasteiger partial charge in [0.1, 0.15) is 15.4 Å². The Bertz CT molecular complexity index is 1480. The molecule has 4 aromatic heterocycles. The number of nitro groups is 1. The molecule has 14 heteroatoms. The van der Waals surface area contributed by atoms with Gasteiger partial charge in [-0.25, -0.2) is 13.8 Å². The molecule has 0 spiro atoms. The van der Waals surface area contributed by atoms with E-state index >= 15 is 0 Å². The number of primary amides is 1. The first-order chi connectivity index (χ1) is 16.5. The van der Waals surface area contributed by atoms with Crippen LogP contribution in [0.3, 0.4) is 0 Å². The number of pyridine rings is 1. The van der Waals surface area contributed by atoms with Crippen LogP contribution in [0.2, 0.25) is 0 Å². The summed E-state index contributed by atoms with van der Waals surface area (Å²) in [7, 11) is 0. The molecular formula is C21H18F2N6O4S2. The maximum Gasteiger partial charge on any atom is 0.390 e. The standard InChI is InChI=1S/C21H18F2N6O4S2/c1-9-7-14(29(32)33)27-28(9)6-5-15(30)26-17-16-11(13-4-3-10(2)34-13)8-12(19(22)23)25-21(16)35-18(17)20(24)31/h3-4,7-8,19H,5-6H2,1-2H3,(H2,24,31)(H,26,30). The third-order valence-corrected chi connectivity index (χ3v) is 7.24. The number of thiophene rings is 2. The lowest BCUT2D eigenvalue weighted by Gasteiger charge is -2.10. The highest BCUT2D eigenvalue weighted by atomic mass is 32.1. The summed E-state index contributed by atoms with van der Waals surface area (Å²) in [6, 6.07) is 6.14. The summed E-state index contributed by atoms with van der Waals surface area (Å²) in [5.41, 5.74) is 6.08. The molecule has 4 rings (SSSR count). The van der Waals surface area contributed by atoms with Gasteiger partial charge in [0.05, 0.1) is 29.1 Å². The monoisotopic (exact) mass is 520 g/mol. The van der Waals surface area contributed by atoms with Crippen LogP contribution in [-0.4, -0.2) is 31.5 Å². The lowest BCUT2D eigenvalue weighted by Crippen LogP contribution is -2.18. The van der Waals surface area contributed by atoms with Crippen molar-refractivity contribution in [3.63, 3.8) is 0 Å². The number of anilines is 1. The van der Waals surface area contributed by atoms with Crippen LogP contribution >= 0.6 is 22.7 Å². The predicted molar refractivity (Wildman–Crippen MR) is 128 cm³/mol. The van der Waals surface area contributed by atoms with E-state index in [1.54, 1.807) is 13.0 Å². The first-order valence-electron chi connectivity index (χ1n) is 10.2. The largest absolute Gasteiger partial charge is 0.390 e. The molecule has 182 valence electrons. The molecule has 0 unspecified atom stereocenters. The van der Waals surface area contributed by atoms with Crippen LogP contribution in [0.15, 0.2) is 24.3 Å². The number of halogens is 2. The zero-order valence-corrected chi connectivity index (χ0v) is 20.0. The molecule has 4 aromatic rings. The zero-order valence-electron chi connectivity index (χ0n) is 18.4. The normalized spacial score (nSPS) is 11.3. The molecule has 3 N–H and O–H groups in total. The van der Waals surface area contributed by atoms with E-state index in [9.17, 15) is 28.5 Å². The number of alkyl halides is 2. The minimum atomic E-state index is -2.84. The molecule has 10 nitrogen and oxygen atoms in total. The van der Waals surface area contributed by atoms with Gasteiger partial charge < -0.3 is 21.2 Å². The highest BCUT2D eigenvalue weighted by Crippen LogP contribution is 2.44. The Morgan fingerprint density at radius 2 is 2.00 bits per heavy atom. The molecule has 0 aliphatic carbocycles. The number of nitrogens with two attached hydrogens (primary N) is 1. The summed E-state index contributed by atoms with van der Waals surface area (Å²) in [6.07, 6.45) is -2.96. The van der Waals surface area contributed by atoms with E-state index in [-0.39, 0.29) is 34.2 Å². The first-order valence-corrected chi connectivity index (χ1v) is 11.8. The van der Waals surface area contributed by atoms with Crippen LogP contribution in [0.25, 0.3) is 20.7 Å². The Balaban J connectivity index is 1.73. The van der Waals surface area contributed by atoms with E-state index in [4.69, 9.17) is 5.73 Å². The number of amides is 2. The highest BCUT2D eigenvalue weighted by Gasteiger charge is 2.25. The number of hydrogen-bond acceptors (Lipinski definition) is 8. The molecule has 0 aromatic carbocycles. The summed E-state index contributed by atoms with van der Waals surface area (Å²) in [5.74, 6) is -1.69. The Kier molecular flexibility index (Phi) is 6.58. The lowest BCUT2D eigenvalue weighted by atomic mass is 10.1. The maximum absolute atomic E-state index is 13.6. The number of nitrogens with zero attached hydrogens (tertiary/aromatic N) is 4. The number of rotatable bonds is 8. The third-order valence-electron chi connectivity index (χ3n) is 5.11. The van der Waals surface area contributed by atoms with E-state index in [1.807, 2.05) is 13.0 Å². The van der Waals surface area contributed by atoms with Gasteiger partial charge in [0.15, 0.2) is 0 Å². The van der Waals surface area contributed by atoms with Crippen molar-refractivity contribution in [1.82, 2.24) is 14.8 Å². The molecule has 0 aliphatic heterocycles. The van der Waals surface area contributed by atoms with Crippen molar-refractivity contribution in [1.29, 1.82) is 0 Å². The molecule has 0 bridgehead atoms. The second-order valence-corrected chi connectivity index (χ2v) is 9.87. The Labute approximate surface area is 204 Å². The average Bonchev–Trinajstić information content (AvgIpc) is 3.48. The summed E-state index contributed by atoms with van der Waals surface area (Å²) < 4.78 is 28.4. The molecule has 0 radical (unpaired) electrons. The quantitative estimate of drug-likeness (QED) is 0.252. The van der Waals surface area contributed by atoms with Gasteiger partial charge in [0.25, 0.3) is 12.3 Å². The molecule has 4 heterocycles. The highest BCUT2D eigenvalue weighted by molar-refractivity contribution is 7.21. The second-order valence-electron chi connectivity index (χ2n) is 7.58. The van der Waals surface area contributed by atoms with Crippen LogP contribution in [0.4, 0.5) is 20.3 Å². The van der Waals surface area contributed by atoms with E-state index in [0.29, 0.717) is 21.5 Å². The Hall–Kier alpha value is -3.78. The zero-order chi connectivity index (χ0) is 25.4. The predicted octanol–water partition coefficient (Wildman–Crippen LogP) is 4.81. The minimum Gasteiger partial charge on any atom is -0.365 e. The average molecular weight is 521 g/mol. The third kappa shape index (κ3) is 4.88. The number of carbonyl (C=O) groups is 2. The Morgan fingerprint density at radius 1 is 1.26 bits per heavy atom. The lowest BCUT2D eigenvalue weighted by molar-refractivity contribution is -0.389. The van der Waals surface area contributed by atoms with Crippen molar-refractivity contribution in [3.05, 3.63) is 55.5 Å². The maximum atomic E-state index is 13.6. The van der Waals surface area contributed by atoms with E-state index < -0.39 is 28.9 Å². The summed E-state index contributed by atoms with van der Waals surface area (Å²) in [4.78, 5) is 41.0. The van der Waals surface area contributed by atoms with Gasteiger partial charge >= 0.3 is 5.82 Å². The van der Waals surface area contributed by atoms with Crippen molar-refractivity contribution < 1.29 is 23.3 Å². The molecule has 0 atom stereocenters. The smallest absolute Gasteiger partial charge is 0.365 e. The molecule has 35 heavy (non-hydrogen) atoms. The van der Waals surface area contributed by atoms with Gasteiger partial charge in [-0.2, -0.15) is 4.68 Å². The minimum absolute atomic E-state index is 0.0206. The SMILES string of the molecule is Cc1ccc(-c2cc(C(F)F)nc3sc(C(N)=O)c(NC(=O)CCn4nc([N+](=O)[O-])cc4C)c23)s1. The first kappa shape index (κ1) is 24.3. The van der Waals surface area contributed by atoms with Crippen molar-refractivity contribution in [3.8, 4) is 10.4 Å².